The van der Waals surface area contributed by atoms with Gasteiger partial charge in [-0.05, 0) is 59.7 Å². The van der Waals surface area contributed by atoms with Crippen molar-refractivity contribution in [3.8, 4) is 0 Å². The summed E-state index contributed by atoms with van der Waals surface area (Å²) in [5.41, 5.74) is 15.6. The van der Waals surface area contributed by atoms with Gasteiger partial charge < -0.3 is 62.2 Å². The number of amides is 4. The van der Waals surface area contributed by atoms with Crippen molar-refractivity contribution in [1.82, 2.24) is 21.3 Å². The van der Waals surface area contributed by atoms with E-state index in [1.54, 1.807) is 20.8 Å². The Morgan fingerprint density at radius 1 is 0.756 bits per heavy atom. The maximum atomic E-state index is 12.7. The largest absolute Gasteiger partial charge is 0.498 e. The molecule has 0 saturated carbocycles. The maximum absolute atomic E-state index is 12.7. The van der Waals surface area contributed by atoms with Gasteiger partial charge in [-0.3, -0.25) is 14.4 Å². The standard InChI is InChI=1S/C29H51N7O9/c1-29(2,3)45-28(40)36-21-19-44-22(20-41-16-7-23(37)33-13-4-10-30)27(43-18-9-25(39)35-15-6-12-32)26(21)42-17-8-24(38)34-14-5-11-31/h7-9,16-18,21-22,26-27H,4-6,10-15,19-20,30-32H2,1-3H3,(H,33,37)(H,34,38)(H,35,39)(H,36,40)/b16-7+,17-8+,18-9+/t21-,22+,26+,27+/m0/s1. The molecule has 4 atom stereocenters. The first kappa shape index (κ1) is 39.2. The van der Waals surface area contributed by atoms with Crippen molar-refractivity contribution in [2.24, 2.45) is 17.2 Å². The van der Waals surface area contributed by atoms with Crippen LogP contribution in [-0.2, 0) is 38.1 Å². The zero-order chi connectivity index (χ0) is 33.5. The molecule has 4 amide bonds. The fraction of sp³-hybridized carbons (Fsp3) is 0.655. The Hall–Kier alpha value is -3.86. The number of hydrogen-bond acceptors (Lipinski definition) is 12. The lowest BCUT2D eigenvalue weighted by atomic mass is 9.98. The quantitative estimate of drug-likeness (QED) is 0.0481. The summed E-state index contributed by atoms with van der Waals surface area (Å²) in [6.07, 6.45) is 5.57. The Bertz CT molecular complexity index is 986. The van der Waals surface area contributed by atoms with E-state index in [1.165, 1.54) is 37.0 Å². The predicted molar refractivity (Wildman–Crippen MR) is 166 cm³/mol. The molecule has 0 bridgehead atoms. The van der Waals surface area contributed by atoms with Crippen molar-refractivity contribution < 1.29 is 42.9 Å². The SMILES string of the molecule is CC(C)(C)OC(=O)N[C@H]1CO[C@H](CO/C=C/C(=O)NCCCN)[C@@H](O/C=C/C(=O)NCCCN)[C@@H]1O/C=C/C(=O)NCCCN. The first-order chi connectivity index (χ1) is 21.5. The van der Waals surface area contributed by atoms with Crippen molar-refractivity contribution in [2.75, 3.05) is 52.5 Å². The number of hydrogen-bond donors (Lipinski definition) is 7. The van der Waals surface area contributed by atoms with E-state index in [4.69, 9.17) is 40.9 Å². The zero-order valence-corrected chi connectivity index (χ0v) is 26.5. The summed E-state index contributed by atoms with van der Waals surface area (Å²) >= 11 is 0. The molecule has 16 heteroatoms. The highest BCUT2D eigenvalue weighted by molar-refractivity contribution is 5.87. The normalized spacial score (nSPS) is 20.1. The second kappa shape index (κ2) is 22.6. The lowest BCUT2D eigenvalue weighted by Crippen LogP contribution is -2.61. The number of carbonyl (C=O) groups excluding carboxylic acids is 4. The summed E-state index contributed by atoms with van der Waals surface area (Å²) in [4.78, 5) is 49.0. The molecule has 0 unspecified atom stereocenters. The molecule has 0 radical (unpaired) electrons. The lowest BCUT2D eigenvalue weighted by Gasteiger charge is -2.41. The molecule has 1 fully saturated rings. The number of nitrogens with two attached hydrogens (primary N) is 3. The van der Waals surface area contributed by atoms with Gasteiger partial charge in [-0.2, -0.15) is 0 Å². The number of ether oxygens (including phenoxy) is 5. The molecule has 256 valence electrons. The van der Waals surface area contributed by atoms with Gasteiger partial charge in [0.2, 0.25) is 17.7 Å². The molecule has 16 nitrogen and oxygen atoms in total. The Kier molecular flexibility index (Phi) is 19.7. The number of rotatable bonds is 20. The average Bonchev–Trinajstić information content (AvgIpc) is 2.96. The van der Waals surface area contributed by atoms with Gasteiger partial charge in [0, 0.05) is 37.9 Å². The molecule has 10 N–H and O–H groups in total. The summed E-state index contributed by atoms with van der Waals surface area (Å²) in [5, 5.41) is 10.7. The van der Waals surface area contributed by atoms with Crippen LogP contribution < -0.4 is 38.5 Å². The third kappa shape index (κ3) is 18.5. The van der Waals surface area contributed by atoms with Crippen LogP contribution in [0, 0.1) is 0 Å². The smallest absolute Gasteiger partial charge is 0.408 e. The van der Waals surface area contributed by atoms with E-state index in [1.807, 2.05) is 0 Å². The summed E-state index contributed by atoms with van der Waals surface area (Å²) in [6.45, 7) is 7.54. The first-order valence-electron chi connectivity index (χ1n) is 15.0. The maximum Gasteiger partial charge on any atom is 0.408 e. The Morgan fingerprint density at radius 3 is 1.69 bits per heavy atom. The third-order valence-corrected chi connectivity index (χ3v) is 5.81. The van der Waals surface area contributed by atoms with E-state index < -0.39 is 47.9 Å². The van der Waals surface area contributed by atoms with Crippen LogP contribution in [0.3, 0.4) is 0 Å². The molecule has 1 aliphatic rings. The van der Waals surface area contributed by atoms with Crippen LogP contribution >= 0.6 is 0 Å². The molecular formula is C29H51N7O9. The second-order valence-electron chi connectivity index (χ2n) is 10.9. The first-order valence-corrected chi connectivity index (χ1v) is 15.0. The van der Waals surface area contributed by atoms with E-state index in [2.05, 4.69) is 21.3 Å². The molecule has 1 aliphatic heterocycles. The molecule has 1 saturated heterocycles. The predicted octanol–water partition coefficient (Wildman–Crippen LogP) is -0.998. The fourth-order valence-corrected chi connectivity index (χ4v) is 3.68. The highest BCUT2D eigenvalue weighted by atomic mass is 16.6. The number of alkyl carbamates (subject to hydrolysis) is 1. The van der Waals surface area contributed by atoms with Gasteiger partial charge in [0.15, 0.2) is 12.2 Å². The van der Waals surface area contributed by atoms with Crippen molar-refractivity contribution in [3.05, 3.63) is 37.0 Å². The van der Waals surface area contributed by atoms with Gasteiger partial charge in [0.05, 0.1) is 31.4 Å². The highest BCUT2D eigenvalue weighted by Gasteiger charge is 2.44. The van der Waals surface area contributed by atoms with Crippen molar-refractivity contribution in [2.45, 2.75) is 70.0 Å². The van der Waals surface area contributed by atoms with Gasteiger partial charge in [-0.15, -0.1) is 0 Å². The van der Waals surface area contributed by atoms with E-state index in [0.717, 1.165) is 0 Å². The van der Waals surface area contributed by atoms with Crippen molar-refractivity contribution >= 4 is 23.8 Å². The Balaban J connectivity index is 3.15. The van der Waals surface area contributed by atoms with Crippen LogP contribution in [0.2, 0.25) is 0 Å². The summed E-state index contributed by atoms with van der Waals surface area (Å²) in [6, 6.07) is -0.804. The number of carbonyl (C=O) groups is 4. The molecule has 0 aliphatic carbocycles. The van der Waals surface area contributed by atoms with Gasteiger partial charge in [0.1, 0.15) is 18.3 Å². The highest BCUT2D eigenvalue weighted by Crippen LogP contribution is 2.23. The Labute approximate surface area is 264 Å². The van der Waals surface area contributed by atoms with Crippen LogP contribution in [0.1, 0.15) is 40.0 Å². The van der Waals surface area contributed by atoms with Gasteiger partial charge in [0.25, 0.3) is 0 Å². The summed E-state index contributed by atoms with van der Waals surface area (Å²) in [7, 11) is 0. The number of nitrogens with one attached hydrogen (secondary N) is 4. The minimum atomic E-state index is -0.969. The Morgan fingerprint density at radius 2 is 1.22 bits per heavy atom. The van der Waals surface area contributed by atoms with Crippen LogP contribution in [-0.4, -0.2) is 106 Å². The molecule has 0 aromatic heterocycles. The minimum absolute atomic E-state index is 0.0408. The van der Waals surface area contributed by atoms with Crippen LogP contribution in [0.4, 0.5) is 4.79 Å². The third-order valence-electron chi connectivity index (χ3n) is 5.81. The topological polar surface area (TPSA) is 241 Å². The molecular weight excluding hydrogens is 590 g/mol. The lowest BCUT2D eigenvalue weighted by molar-refractivity contribution is -0.166. The average molecular weight is 642 g/mol. The van der Waals surface area contributed by atoms with Gasteiger partial charge >= 0.3 is 6.09 Å². The molecule has 45 heavy (non-hydrogen) atoms. The second-order valence-corrected chi connectivity index (χ2v) is 10.9. The van der Waals surface area contributed by atoms with E-state index in [9.17, 15) is 19.2 Å². The van der Waals surface area contributed by atoms with E-state index in [-0.39, 0.29) is 19.1 Å². The molecule has 1 rings (SSSR count). The summed E-state index contributed by atoms with van der Waals surface area (Å²) < 4.78 is 28.8. The van der Waals surface area contributed by atoms with Gasteiger partial charge in [-0.1, -0.05) is 0 Å². The van der Waals surface area contributed by atoms with Crippen molar-refractivity contribution in [3.63, 3.8) is 0 Å². The monoisotopic (exact) mass is 641 g/mol. The van der Waals surface area contributed by atoms with Gasteiger partial charge in [-0.25, -0.2) is 4.79 Å². The van der Waals surface area contributed by atoms with Crippen LogP contribution in [0.5, 0.6) is 0 Å². The molecule has 0 spiro atoms. The molecule has 1 heterocycles. The van der Waals surface area contributed by atoms with Crippen LogP contribution in [0.15, 0.2) is 37.0 Å². The fourth-order valence-electron chi connectivity index (χ4n) is 3.68. The van der Waals surface area contributed by atoms with Crippen molar-refractivity contribution in [1.29, 1.82) is 0 Å². The van der Waals surface area contributed by atoms with E-state index >= 15 is 0 Å². The molecule has 0 aromatic rings. The van der Waals surface area contributed by atoms with E-state index in [0.29, 0.717) is 58.5 Å². The van der Waals surface area contributed by atoms with Crippen LogP contribution in [0.25, 0.3) is 0 Å². The minimum Gasteiger partial charge on any atom is -0.498 e. The molecule has 0 aromatic carbocycles. The zero-order valence-electron chi connectivity index (χ0n) is 26.5. The summed E-state index contributed by atoms with van der Waals surface area (Å²) in [5.74, 6) is -1.18.